The maximum atomic E-state index is 12.3. The molecular weight excluding hydrogens is 434 g/mol. The summed E-state index contributed by atoms with van der Waals surface area (Å²) in [5.41, 5.74) is 1.16. The van der Waals surface area contributed by atoms with Crippen LogP contribution in [0.4, 0.5) is 5.13 Å². The third-order valence-corrected chi connectivity index (χ3v) is 4.92. The average molecular weight is 450 g/mol. The number of aromatic nitrogens is 2. The third kappa shape index (κ3) is 4.55. The number of thiazole rings is 1. The summed E-state index contributed by atoms with van der Waals surface area (Å²) in [5, 5.41) is 4.97. The molecule has 3 aromatic rings. The molecule has 9 heteroatoms. The molecule has 7 nitrogen and oxygen atoms in total. The Morgan fingerprint density at radius 3 is 2.81 bits per heavy atom. The second kappa shape index (κ2) is 8.36. The zero-order valence-electron chi connectivity index (χ0n) is 14.6. The van der Waals surface area contributed by atoms with Crippen LogP contribution in [0.3, 0.4) is 0 Å². The van der Waals surface area contributed by atoms with Gasteiger partial charge in [0, 0.05) is 27.7 Å². The molecule has 2 heterocycles. The van der Waals surface area contributed by atoms with Crippen molar-refractivity contribution in [1.29, 1.82) is 0 Å². The SMILES string of the molecule is COc1ccc(OC)c(-c2csc(NC(=O)Cn3cc(Br)ccc3=O)n2)c1. The molecule has 0 aliphatic carbocycles. The van der Waals surface area contributed by atoms with Crippen LogP contribution in [-0.4, -0.2) is 29.7 Å². The maximum Gasteiger partial charge on any atom is 0.251 e. The van der Waals surface area contributed by atoms with E-state index in [1.807, 2.05) is 11.4 Å². The van der Waals surface area contributed by atoms with Crippen LogP contribution >= 0.6 is 27.3 Å². The number of nitrogens with zero attached hydrogens (tertiary/aromatic N) is 2. The predicted molar refractivity (Wildman–Crippen MR) is 108 cm³/mol. The van der Waals surface area contributed by atoms with E-state index in [1.54, 1.807) is 38.6 Å². The number of methoxy groups -OCH3 is 2. The van der Waals surface area contributed by atoms with E-state index in [4.69, 9.17) is 9.47 Å². The highest BCUT2D eigenvalue weighted by atomic mass is 79.9. The van der Waals surface area contributed by atoms with Crippen LogP contribution in [0.15, 0.2) is 51.2 Å². The first-order valence-corrected chi connectivity index (χ1v) is 9.51. The van der Waals surface area contributed by atoms with Gasteiger partial charge in [0.25, 0.3) is 5.56 Å². The van der Waals surface area contributed by atoms with Gasteiger partial charge >= 0.3 is 0 Å². The van der Waals surface area contributed by atoms with Crippen molar-refractivity contribution < 1.29 is 14.3 Å². The van der Waals surface area contributed by atoms with Crippen LogP contribution in [0.2, 0.25) is 0 Å². The molecule has 0 unspecified atom stereocenters. The highest BCUT2D eigenvalue weighted by molar-refractivity contribution is 9.10. The topological polar surface area (TPSA) is 82.5 Å². The summed E-state index contributed by atoms with van der Waals surface area (Å²) in [7, 11) is 3.16. The lowest BCUT2D eigenvalue weighted by Crippen LogP contribution is -2.26. The fourth-order valence-corrected chi connectivity index (χ4v) is 3.51. The predicted octanol–water partition coefficient (Wildman–Crippen LogP) is 3.39. The molecule has 0 aliphatic heterocycles. The highest BCUT2D eigenvalue weighted by Gasteiger charge is 2.13. The molecule has 1 amide bonds. The minimum absolute atomic E-state index is 0.102. The zero-order valence-corrected chi connectivity index (χ0v) is 17.0. The normalized spacial score (nSPS) is 10.5. The van der Waals surface area contributed by atoms with Crippen LogP contribution in [-0.2, 0) is 11.3 Å². The summed E-state index contributed by atoms with van der Waals surface area (Å²) in [4.78, 5) is 28.5. The lowest BCUT2D eigenvalue weighted by Gasteiger charge is -2.08. The van der Waals surface area contributed by atoms with Crippen LogP contribution in [0.1, 0.15) is 0 Å². The number of rotatable bonds is 6. The first kappa shape index (κ1) is 19.1. The highest BCUT2D eigenvalue weighted by Crippen LogP contribution is 2.34. The number of halogens is 1. The fourth-order valence-electron chi connectivity index (χ4n) is 2.41. The van der Waals surface area contributed by atoms with Gasteiger partial charge in [0.1, 0.15) is 18.0 Å². The number of amides is 1. The molecule has 0 atom stereocenters. The Morgan fingerprint density at radius 1 is 1.26 bits per heavy atom. The lowest BCUT2D eigenvalue weighted by molar-refractivity contribution is -0.116. The van der Waals surface area contributed by atoms with E-state index in [0.717, 1.165) is 10.0 Å². The van der Waals surface area contributed by atoms with Crippen LogP contribution in [0.25, 0.3) is 11.3 Å². The second-order valence-corrected chi connectivity index (χ2v) is 7.24. The molecule has 0 saturated carbocycles. The number of benzene rings is 1. The smallest absolute Gasteiger partial charge is 0.251 e. The summed E-state index contributed by atoms with van der Waals surface area (Å²) >= 11 is 4.57. The van der Waals surface area contributed by atoms with Crippen molar-refractivity contribution in [3.05, 3.63) is 56.7 Å². The van der Waals surface area contributed by atoms with E-state index in [0.29, 0.717) is 22.3 Å². The summed E-state index contributed by atoms with van der Waals surface area (Å²) in [6.07, 6.45) is 1.57. The number of nitrogens with one attached hydrogen (secondary N) is 1. The molecule has 0 saturated heterocycles. The number of carbonyl (C=O) groups is 1. The first-order chi connectivity index (χ1) is 13.0. The number of pyridine rings is 1. The molecule has 2 aromatic heterocycles. The number of ether oxygens (including phenoxy) is 2. The van der Waals surface area contributed by atoms with Crippen molar-refractivity contribution in [2.75, 3.05) is 19.5 Å². The lowest BCUT2D eigenvalue weighted by atomic mass is 10.1. The molecule has 3 rings (SSSR count). The Balaban J connectivity index is 1.77. The van der Waals surface area contributed by atoms with E-state index in [9.17, 15) is 9.59 Å². The fraction of sp³-hybridized carbons (Fsp3) is 0.167. The molecule has 0 radical (unpaired) electrons. The molecule has 0 bridgehead atoms. The summed E-state index contributed by atoms with van der Waals surface area (Å²) < 4.78 is 12.7. The largest absolute Gasteiger partial charge is 0.497 e. The quantitative estimate of drug-likeness (QED) is 0.623. The van der Waals surface area contributed by atoms with Crippen LogP contribution in [0, 0.1) is 0 Å². The molecule has 1 N–H and O–H groups in total. The average Bonchev–Trinajstić information content (AvgIpc) is 3.12. The molecule has 0 aliphatic rings. The van der Waals surface area contributed by atoms with Crippen molar-refractivity contribution >= 4 is 38.3 Å². The van der Waals surface area contributed by atoms with Crippen LogP contribution < -0.4 is 20.3 Å². The Hall–Kier alpha value is -2.65. The standard InChI is InChI=1S/C18H16BrN3O4S/c1-25-12-4-5-15(26-2)13(7-12)14-10-27-18(20-14)21-16(23)9-22-8-11(19)3-6-17(22)24/h3-8,10H,9H2,1-2H3,(H,20,21,23). The van der Waals surface area contributed by atoms with Crippen molar-refractivity contribution in [1.82, 2.24) is 9.55 Å². The Bertz CT molecular complexity index is 1030. The minimum atomic E-state index is -0.339. The number of hydrogen-bond acceptors (Lipinski definition) is 6. The number of anilines is 1. The molecule has 140 valence electrons. The Morgan fingerprint density at radius 2 is 2.07 bits per heavy atom. The Labute approximate surface area is 167 Å². The molecule has 27 heavy (non-hydrogen) atoms. The van der Waals surface area contributed by atoms with Crippen molar-refractivity contribution in [3.63, 3.8) is 0 Å². The van der Waals surface area contributed by atoms with Crippen molar-refractivity contribution in [2.24, 2.45) is 0 Å². The molecule has 0 fully saturated rings. The van der Waals surface area contributed by atoms with Gasteiger partial charge in [-0.15, -0.1) is 11.3 Å². The number of carbonyl (C=O) groups excluding carboxylic acids is 1. The van der Waals surface area contributed by atoms with Gasteiger partial charge in [-0.25, -0.2) is 4.98 Å². The van der Waals surface area contributed by atoms with E-state index >= 15 is 0 Å². The van der Waals surface area contributed by atoms with Gasteiger partial charge in [-0.1, -0.05) is 0 Å². The summed E-state index contributed by atoms with van der Waals surface area (Å²) in [5.74, 6) is 0.992. The molecule has 0 spiro atoms. The maximum absolute atomic E-state index is 12.3. The zero-order chi connectivity index (χ0) is 19.4. The third-order valence-electron chi connectivity index (χ3n) is 3.69. The van der Waals surface area contributed by atoms with Gasteiger partial charge in [-0.2, -0.15) is 0 Å². The van der Waals surface area contributed by atoms with E-state index in [2.05, 4.69) is 26.2 Å². The second-order valence-electron chi connectivity index (χ2n) is 5.47. The van der Waals surface area contributed by atoms with Crippen molar-refractivity contribution in [2.45, 2.75) is 6.54 Å². The van der Waals surface area contributed by atoms with Gasteiger partial charge in [0.2, 0.25) is 5.91 Å². The van der Waals surface area contributed by atoms with Gasteiger partial charge < -0.3 is 19.4 Å². The number of hydrogen-bond donors (Lipinski definition) is 1. The van der Waals surface area contributed by atoms with Gasteiger partial charge in [-0.05, 0) is 40.2 Å². The first-order valence-electron chi connectivity index (χ1n) is 7.84. The molecular formula is C18H16BrN3O4S. The Kier molecular flexibility index (Phi) is 5.92. The monoisotopic (exact) mass is 449 g/mol. The van der Waals surface area contributed by atoms with Crippen LogP contribution in [0.5, 0.6) is 11.5 Å². The van der Waals surface area contributed by atoms with E-state index in [1.165, 1.54) is 22.0 Å². The van der Waals surface area contributed by atoms with E-state index < -0.39 is 0 Å². The van der Waals surface area contributed by atoms with Crippen molar-refractivity contribution in [3.8, 4) is 22.8 Å². The van der Waals surface area contributed by atoms with E-state index in [-0.39, 0.29) is 18.0 Å². The molecule has 1 aromatic carbocycles. The van der Waals surface area contributed by atoms with Gasteiger partial charge in [0.05, 0.1) is 19.9 Å². The summed E-state index contributed by atoms with van der Waals surface area (Å²) in [6, 6.07) is 8.44. The minimum Gasteiger partial charge on any atom is -0.497 e. The summed E-state index contributed by atoms with van der Waals surface area (Å²) in [6.45, 7) is -0.102. The van der Waals surface area contributed by atoms with Gasteiger partial charge in [-0.3, -0.25) is 9.59 Å². The van der Waals surface area contributed by atoms with Gasteiger partial charge in [0.15, 0.2) is 5.13 Å².